The fourth-order valence-corrected chi connectivity index (χ4v) is 2.40. The smallest absolute Gasteiger partial charge is 0.410 e. The van der Waals surface area contributed by atoms with E-state index in [9.17, 15) is 4.79 Å². The summed E-state index contributed by atoms with van der Waals surface area (Å²) >= 11 is 0. The number of nitrogens with zero attached hydrogens (tertiary/aromatic N) is 2. The fraction of sp³-hybridized carbons (Fsp3) is 0.444. The van der Waals surface area contributed by atoms with Gasteiger partial charge in [0.15, 0.2) is 0 Å². The molecule has 0 aliphatic heterocycles. The summed E-state index contributed by atoms with van der Waals surface area (Å²) in [6.45, 7) is 10.8. The molecule has 0 unspecified atom stereocenters. The third-order valence-corrected chi connectivity index (χ3v) is 3.65. The average Bonchev–Trinajstić information content (AvgIpc) is 2.98. The van der Waals surface area contributed by atoms with Crippen LogP contribution in [0.1, 0.15) is 38.8 Å². The van der Waals surface area contributed by atoms with Gasteiger partial charge >= 0.3 is 6.09 Å². The molecule has 0 saturated carbocycles. The lowest BCUT2D eigenvalue weighted by molar-refractivity contribution is 0.0244. The van der Waals surface area contributed by atoms with Crippen LogP contribution in [0.25, 0.3) is 11.1 Å². The Bertz CT molecular complexity index is 657. The first kappa shape index (κ1) is 17.1. The summed E-state index contributed by atoms with van der Waals surface area (Å²) in [7, 11) is 0. The monoisotopic (exact) mass is 315 g/mol. The van der Waals surface area contributed by atoms with Crippen molar-refractivity contribution in [2.75, 3.05) is 6.54 Å². The summed E-state index contributed by atoms with van der Waals surface area (Å²) in [4.78, 5) is 14.0. The highest BCUT2D eigenvalue weighted by Crippen LogP contribution is 2.26. The van der Waals surface area contributed by atoms with Crippen molar-refractivity contribution >= 4 is 6.09 Å². The third-order valence-electron chi connectivity index (χ3n) is 3.65. The summed E-state index contributed by atoms with van der Waals surface area (Å²) in [6.07, 6.45) is 3.39. The van der Waals surface area contributed by atoms with Crippen LogP contribution in [0.5, 0.6) is 0 Å². The molecule has 1 N–H and O–H groups in total. The van der Waals surface area contributed by atoms with Crippen molar-refractivity contribution in [3.8, 4) is 11.1 Å². The number of nitrogens with one attached hydrogen (secondary N) is 1. The molecule has 5 nitrogen and oxygen atoms in total. The van der Waals surface area contributed by atoms with Crippen LogP contribution < -0.4 is 0 Å². The Labute approximate surface area is 137 Å². The van der Waals surface area contributed by atoms with Crippen molar-refractivity contribution < 1.29 is 9.53 Å². The van der Waals surface area contributed by atoms with Gasteiger partial charge in [-0.3, -0.25) is 5.10 Å². The zero-order chi connectivity index (χ0) is 17.0. The van der Waals surface area contributed by atoms with Crippen LogP contribution in [0.2, 0.25) is 0 Å². The van der Waals surface area contributed by atoms with Crippen molar-refractivity contribution in [1.29, 1.82) is 0 Å². The molecule has 0 atom stereocenters. The van der Waals surface area contributed by atoms with Crippen molar-refractivity contribution in [2.24, 2.45) is 0 Å². The second-order valence-corrected chi connectivity index (χ2v) is 6.57. The Morgan fingerprint density at radius 1 is 1.35 bits per heavy atom. The van der Waals surface area contributed by atoms with Gasteiger partial charge in [-0.25, -0.2) is 4.79 Å². The predicted octanol–water partition coefficient (Wildman–Crippen LogP) is 4.14. The highest BCUT2D eigenvalue weighted by atomic mass is 16.6. The van der Waals surface area contributed by atoms with Crippen LogP contribution in [-0.2, 0) is 11.3 Å². The van der Waals surface area contributed by atoms with Crippen LogP contribution in [0.3, 0.4) is 0 Å². The summed E-state index contributed by atoms with van der Waals surface area (Å²) in [6, 6.07) is 6.12. The van der Waals surface area contributed by atoms with Crippen molar-refractivity contribution in [3.63, 3.8) is 0 Å². The van der Waals surface area contributed by atoms with E-state index in [2.05, 4.69) is 23.2 Å². The van der Waals surface area contributed by atoms with Crippen molar-refractivity contribution in [1.82, 2.24) is 15.1 Å². The SMILES string of the molecule is CCN(Cc1cccc(-c2cn[nH]c2)c1C)C(=O)OC(C)(C)C. The lowest BCUT2D eigenvalue weighted by Gasteiger charge is -2.27. The number of hydrogen-bond donors (Lipinski definition) is 1. The minimum Gasteiger partial charge on any atom is -0.444 e. The van der Waals surface area contributed by atoms with Gasteiger partial charge in [0.2, 0.25) is 0 Å². The number of H-pyrrole nitrogens is 1. The van der Waals surface area contributed by atoms with E-state index in [-0.39, 0.29) is 6.09 Å². The van der Waals surface area contributed by atoms with Crippen molar-refractivity contribution in [3.05, 3.63) is 41.7 Å². The number of ether oxygens (including phenoxy) is 1. The van der Waals surface area contributed by atoms with E-state index >= 15 is 0 Å². The molecule has 2 aromatic rings. The average molecular weight is 315 g/mol. The number of amides is 1. The lowest BCUT2D eigenvalue weighted by atomic mass is 9.98. The quantitative estimate of drug-likeness (QED) is 0.922. The van der Waals surface area contributed by atoms with E-state index in [0.29, 0.717) is 13.1 Å². The molecule has 0 aliphatic rings. The molecule has 0 saturated heterocycles. The van der Waals surface area contributed by atoms with Gasteiger partial charge in [0.1, 0.15) is 5.60 Å². The van der Waals surface area contributed by atoms with E-state index in [4.69, 9.17) is 4.74 Å². The van der Waals surface area contributed by atoms with Crippen LogP contribution in [0, 0.1) is 6.92 Å². The summed E-state index contributed by atoms with van der Waals surface area (Å²) in [5.74, 6) is 0. The first-order chi connectivity index (χ1) is 10.8. The molecular formula is C18H25N3O2. The first-order valence-electron chi connectivity index (χ1n) is 7.87. The largest absolute Gasteiger partial charge is 0.444 e. The van der Waals surface area contributed by atoms with Crippen molar-refractivity contribution in [2.45, 2.75) is 46.8 Å². The van der Waals surface area contributed by atoms with Crippen LogP contribution in [-0.4, -0.2) is 33.3 Å². The minimum atomic E-state index is -0.488. The normalized spacial score (nSPS) is 11.3. The first-order valence-corrected chi connectivity index (χ1v) is 7.87. The molecule has 0 radical (unpaired) electrons. The maximum atomic E-state index is 12.3. The number of carbonyl (C=O) groups excluding carboxylic acids is 1. The number of hydrogen-bond acceptors (Lipinski definition) is 3. The standard InChI is InChI=1S/C18H25N3O2/c1-6-21(17(22)23-18(3,4)5)12-14-8-7-9-16(13(14)2)15-10-19-20-11-15/h7-11H,6,12H2,1-5H3,(H,19,20). The van der Waals surface area contributed by atoms with E-state index < -0.39 is 5.60 Å². The molecular weight excluding hydrogens is 290 g/mol. The van der Waals surface area contributed by atoms with E-state index in [1.165, 1.54) is 0 Å². The third kappa shape index (κ3) is 4.34. The Balaban J connectivity index is 2.22. The topological polar surface area (TPSA) is 58.2 Å². The van der Waals surface area contributed by atoms with Crippen LogP contribution >= 0.6 is 0 Å². The Kier molecular flexibility index (Phi) is 5.08. The molecule has 2 rings (SSSR count). The summed E-state index contributed by atoms with van der Waals surface area (Å²) in [5, 5.41) is 6.84. The zero-order valence-corrected chi connectivity index (χ0v) is 14.5. The maximum Gasteiger partial charge on any atom is 0.410 e. The van der Waals surface area contributed by atoms with E-state index in [0.717, 1.165) is 22.3 Å². The summed E-state index contributed by atoms with van der Waals surface area (Å²) in [5.41, 5.74) is 3.94. The molecule has 124 valence electrons. The van der Waals surface area contributed by atoms with Crippen LogP contribution in [0.15, 0.2) is 30.6 Å². The molecule has 23 heavy (non-hydrogen) atoms. The zero-order valence-electron chi connectivity index (χ0n) is 14.5. The minimum absolute atomic E-state index is 0.284. The second kappa shape index (κ2) is 6.86. The summed E-state index contributed by atoms with van der Waals surface area (Å²) < 4.78 is 5.48. The number of aromatic amines is 1. The molecule has 1 aromatic heterocycles. The van der Waals surface area contributed by atoms with Gasteiger partial charge in [-0.05, 0) is 51.3 Å². The Morgan fingerprint density at radius 2 is 2.09 bits per heavy atom. The Morgan fingerprint density at radius 3 is 2.65 bits per heavy atom. The highest BCUT2D eigenvalue weighted by Gasteiger charge is 2.22. The number of aromatic nitrogens is 2. The van der Waals surface area contributed by atoms with Gasteiger partial charge < -0.3 is 9.64 Å². The number of carbonyl (C=O) groups is 1. The molecule has 0 spiro atoms. The Hall–Kier alpha value is -2.30. The molecule has 1 heterocycles. The lowest BCUT2D eigenvalue weighted by Crippen LogP contribution is -2.36. The fourth-order valence-electron chi connectivity index (χ4n) is 2.40. The van der Waals surface area contributed by atoms with Gasteiger partial charge in [-0.1, -0.05) is 18.2 Å². The molecule has 1 amide bonds. The van der Waals surface area contributed by atoms with Gasteiger partial charge in [0.05, 0.1) is 6.20 Å². The van der Waals surface area contributed by atoms with E-state index in [1.54, 1.807) is 11.1 Å². The molecule has 0 aliphatic carbocycles. The van der Waals surface area contributed by atoms with Crippen LogP contribution in [0.4, 0.5) is 4.79 Å². The maximum absolute atomic E-state index is 12.3. The number of rotatable bonds is 4. The molecule has 0 bridgehead atoms. The van der Waals surface area contributed by atoms with Gasteiger partial charge in [-0.15, -0.1) is 0 Å². The highest BCUT2D eigenvalue weighted by molar-refractivity contribution is 5.70. The van der Waals surface area contributed by atoms with Gasteiger partial charge in [0.25, 0.3) is 0 Å². The molecule has 5 heteroatoms. The van der Waals surface area contributed by atoms with E-state index in [1.807, 2.05) is 46.0 Å². The van der Waals surface area contributed by atoms with Gasteiger partial charge in [-0.2, -0.15) is 5.10 Å². The molecule has 0 fully saturated rings. The predicted molar refractivity (Wildman–Crippen MR) is 91.1 cm³/mol. The van der Waals surface area contributed by atoms with Gasteiger partial charge in [0, 0.05) is 24.8 Å². The molecule has 1 aromatic carbocycles. The number of benzene rings is 1. The second-order valence-electron chi connectivity index (χ2n) is 6.57.